The van der Waals surface area contributed by atoms with Gasteiger partial charge in [-0.15, -0.1) is 11.3 Å². The summed E-state index contributed by atoms with van der Waals surface area (Å²) in [6, 6.07) is 7.82. The summed E-state index contributed by atoms with van der Waals surface area (Å²) in [6.07, 6.45) is 0. The second-order valence-corrected chi connectivity index (χ2v) is 6.10. The molecule has 110 valence electrons. The van der Waals surface area contributed by atoms with Crippen molar-refractivity contribution in [2.45, 2.75) is 13.5 Å². The number of benzene rings is 1. The second-order valence-electron chi connectivity index (χ2n) is 4.32. The summed E-state index contributed by atoms with van der Waals surface area (Å²) in [7, 11) is 0. The smallest absolute Gasteiger partial charge is 0.337 e. The Balaban J connectivity index is 1.93. The van der Waals surface area contributed by atoms with Crippen LogP contribution in [0.15, 0.2) is 30.3 Å². The lowest BCUT2D eigenvalue weighted by atomic mass is 10.2. The van der Waals surface area contributed by atoms with Crippen molar-refractivity contribution in [1.82, 2.24) is 5.32 Å². The third-order valence-corrected chi connectivity index (χ3v) is 3.99. The molecule has 2 amide bonds. The van der Waals surface area contributed by atoms with Crippen molar-refractivity contribution in [3.8, 4) is 0 Å². The van der Waals surface area contributed by atoms with Gasteiger partial charge in [0.25, 0.3) is 0 Å². The molecule has 21 heavy (non-hydrogen) atoms. The molecule has 1 aromatic carbocycles. The molecule has 2 aromatic rings. The van der Waals surface area contributed by atoms with Gasteiger partial charge in [0, 0.05) is 15.4 Å². The summed E-state index contributed by atoms with van der Waals surface area (Å²) in [5.41, 5.74) is 0.432. The maximum absolute atomic E-state index is 11.7. The summed E-state index contributed by atoms with van der Waals surface area (Å²) in [6.45, 7) is 2.44. The van der Waals surface area contributed by atoms with Gasteiger partial charge in [0.2, 0.25) is 0 Å². The first kappa shape index (κ1) is 15.3. The van der Waals surface area contributed by atoms with Crippen molar-refractivity contribution < 1.29 is 14.7 Å². The highest BCUT2D eigenvalue weighted by Gasteiger charge is 2.10. The monoisotopic (exact) mass is 324 g/mol. The van der Waals surface area contributed by atoms with Gasteiger partial charge in [-0.05, 0) is 37.3 Å². The fraction of sp³-hybridized carbons (Fsp3) is 0.143. The first-order valence-corrected chi connectivity index (χ1v) is 7.28. The zero-order valence-corrected chi connectivity index (χ0v) is 12.7. The molecule has 0 radical (unpaired) electrons. The highest BCUT2D eigenvalue weighted by atomic mass is 35.5. The number of halogens is 1. The minimum Gasteiger partial charge on any atom is -0.478 e. The van der Waals surface area contributed by atoms with Gasteiger partial charge in [0.15, 0.2) is 0 Å². The van der Waals surface area contributed by atoms with E-state index in [-0.39, 0.29) is 16.6 Å². The van der Waals surface area contributed by atoms with E-state index in [0.717, 1.165) is 4.88 Å². The molecule has 0 fully saturated rings. The second kappa shape index (κ2) is 6.60. The molecule has 1 heterocycles. The molecule has 5 nitrogen and oxygen atoms in total. The van der Waals surface area contributed by atoms with E-state index in [1.807, 2.05) is 19.1 Å². The molecule has 0 spiro atoms. The molecule has 0 atom stereocenters. The largest absolute Gasteiger partial charge is 0.478 e. The van der Waals surface area contributed by atoms with Gasteiger partial charge in [-0.2, -0.15) is 0 Å². The van der Waals surface area contributed by atoms with Crippen LogP contribution in [-0.2, 0) is 6.54 Å². The van der Waals surface area contributed by atoms with Crippen LogP contribution in [0.1, 0.15) is 20.1 Å². The Labute approximate surface area is 130 Å². The highest BCUT2D eigenvalue weighted by Crippen LogP contribution is 2.21. The number of urea groups is 1. The van der Waals surface area contributed by atoms with Crippen molar-refractivity contribution >= 4 is 40.6 Å². The van der Waals surface area contributed by atoms with E-state index in [2.05, 4.69) is 10.6 Å². The van der Waals surface area contributed by atoms with Gasteiger partial charge < -0.3 is 15.7 Å². The standard InChI is InChI=1S/C14H13ClN2O3S/c1-8-2-4-10(21-8)7-16-14(20)17-9-3-5-11(13(18)19)12(15)6-9/h2-6H,7H2,1H3,(H,18,19)(H2,16,17,20). The zero-order chi connectivity index (χ0) is 15.4. The summed E-state index contributed by atoms with van der Waals surface area (Å²) in [4.78, 5) is 24.8. The molecule has 0 saturated carbocycles. The van der Waals surface area contributed by atoms with Gasteiger partial charge in [-0.3, -0.25) is 0 Å². The molecule has 1 aromatic heterocycles. The number of thiophene rings is 1. The van der Waals surface area contributed by atoms with Gasteiger partial charge in [-0.25, -0.2) is 9.59 Å². The Morgan fingerprint density at radius 1 is 1.29 bits per heavy atom. The van der Waals surface area contributed by atoms with Crippen molar-refractivity contribution in [3.63, 3.8) is 0 Å². The molecule has 0 aliphatic heterocycles. The minimum absolute atomic E-state index is 0.00307. The number of carbonyl (C=O) groups excluding carboxylic acids is 1. The van der Waals surface area contributed by atoms with Crippen molar-refractivity contribution in [1.29, 1.82) is 0 Å². The van der Waals surface area contributed by atoms with E-state index >= 15 is 0 Å². The molecular weight excluding hydrogens is 312 g/mol. The average molecular weight is 325 g/mol. The summed E-state index contributed by atoms with van der Waals surface area (Å²) in [5.74, 6) is -1.11. The summed E-state index contributed by atoms with van der Waals surface area (Å²) < 4.78 is 0. The van der Waals surface area contributed by atoms with Crippen LogP contribution >= 0.6 is 22.9 Å². The lowest BCUT2D eigenvalue weighted by Crippen LogP contribution is -2.27. The molecule has 0 aliphatic rings. The first-order valence-electron chi connectivity index (χ1n) is 6.08. The van der Waals surface area contributed by atoms with Crippen molar-refractivity contribution in [3.05, 3.63) is 50.7 Å². The predicted molar refractivity (Wildman–Crippen MR) is 83.3 cm³/mol. The maximum Gasteiger partial charge on any atom is 0.337 e. The van der Waals surface area contributed by atoms with Crippen LogP contribution in [0.4, 0.5) is 10.5 Å². The van der Waals surface area contributed by atoms with E-state index in [9.17, 15) is 9.59 Å². The first-order chi connectivity index (χ1) is 9.95. The number of carboxylic acid groups (broad SMARTS) is 1. The Bertz CT molecular complexity index is 685. The number of anilines is 1. The van der Waals surface area contributed by atoms with Crippen LogP contribution in [0.5, 0.6) is 0 Å². The quantitative estimate of drug-likeness (QED) is 0.801. The van der Waals surface area contributed by atoms with Crippen LogP contribution in [-0.4, -0.2) is 17.1 Å². The molecule has 0 aliphatic carbocycles. The topological polar surface area (TPSA) is 78.4 Å². The van der Waals surface area contributed by atoms with Crippen LogP contribution < -0.4 is 10.6 Å². The Morgan fingerprint density at radius 3 is 2.62 bits per heavy atom. The minimum atomic E-state index is -1.11. The van der Waals surface area contributed by atoms with E-state index in [4.69, 9.17) is 16.7 Å². The predicted octanol–water partition coefficient (Wildman–Crippen LogP) is 3.73. The van der Waals surface area contributed by atoms with Crippen LogP contribution in [0.25, 0.3) is 0 Å². The molecule has 0 bridgehead atoms. The zero-order valence-electron chi connectivity index (χ0n) is 11.1. The number of carbonyl (C=O) groups is 2. The fourth-order valence-corrected chi connectivity index (χ4v) is 2.78. The third-order valence-electron chi connectivity index (χ3n) is 2.68. The maximum atomic E-state index is 11.7. The normalized spacial score (nSPS) is 10.2. The molecule has 0 saturated heterocycles. The summed E-state index contributed by atoms with van der Waals surface area (Å²) >= 11 is 7.45. The number of amides is 2. The number of nitrogens with one attached hydrogen (secondary N) is 2. The van der Waals surface area contributed by atoms with Gasteiger partial charge in [0.05, 0.1) is 17.1 Å². The van der Waals surface area contributed by atoms with Crippen LogP contribution in [0, 0.1) is 6.92 Å². The Kier molecular flexibility index (Phi) is 4.82. The average Bonchev–Trinajstić information content (AvgIpc) is 2.82. The lowest BCUT2D eigenvalue weighted by Gasteiger charge is -2.08. The number of carboxylic acids is 1. The fourth-order valence-electron chi connectivity index (χ4n) is 1.69. The third kappa shape index (κ3) is 4.21. The summed E-state index contributed by atoms with van der Waals surface area (Å²) in [5, 5.41) is 14.3. The van der Waals surface area contributed by atoms with Crippen LogP contribution in [0.2, 0.25) is 5.02 Å². The number of aromatic carboxylic acids is 1. The Morgan fingerprint density at radius 2 is 2.05 bits per heavy atom. The van der Waals surface area contributed by atoms with Gasteiger partial charge in [-0.1, -0.05) is 11.6 Å². The van der Waals surface area contributed by atoms with E-state index < -0.39 is 5.97 Å². The van der Waals surface area contributed by atoms with Crippen LogP contribution in [0.3, 0.4) is 0 Å². The Hall–Kier alpha value is -2.05. The highest BCUT2D eigenvalue weighted by molar-refractivity contribution is 7.11. The van der Waals surface area contributed by atoms with Crippen molar-refractivity contribution in [2.24, 2.45) is 0 Å². The van der Waals surface area contributed by atoms with E-state index in [1.165, 1.54) is 23.1 Å². The lowest BCUT2D eigenvalue weighted by molar-refractivity contribution is 0.0697. The number of aryl methyl sites for hydroxylation is 1. The van der Waals surface area contributed by atoms with Gasteiger partial charge >= 0.3 is 12.0 Å². The van der Waals surface area contributed by atoms with Gasteiger partial charge in [0.1, 0.15) is 0 Å². The molecule has 0 unspecified atom stereocenters. The van der Waals surface area contributed by atoms with E-state index in [0.29, 0.717) is 12.2 Å². The molecule has 2 rings (SSSR count). The number of hydrogen-bond donors (Lipinski definition) is 3. The number of hydrogen-bond acceptors (Lipinski definition) is 3. The molecule has 3 N–H and O–H groups in total. The SMILES string of the molecule is Cc1ccc(CNC(=O)Nc2ccc(C(=O)O)c(Cl)c2)s1. The number of rotatable bonds is 4. The van der Waals surface area contributed by atoms with E-state index in [1.54, 1.807) is 11.3 Å². The molecular formula is C14H13ClN2O3S. The molecule has 7 heteroatoms. The van der Waals surface area contributed by atoms with Crippen molar-refractivity contribution in [2.75, 3.05) is 5.32 Å².